The van der Waals surface area contributed by atoms with Crippen molar-refractivity contribution in [1.29, 1.82) is 0 Å². The Morgan fingerprint density at radius 1 is 1.58 bits per heavy atom. The maximum Gasteiger partial charge on any atom is 0.0608 e. The summed E-state index contributed by atoms with van der Waals surface area (Å²) < 4.78 is 0. The molecule has 1 rings (SSSR count). The highest BCUT2D eigenvalue weighted by Gasteiger charge is 2.16. The average Bonchev–Trinajstić information content (AvgIpc) is 2.03. The number of allylic oxidation sites excluding steroid dienone is 3. The van der Waals surface area contributed by atoms with Gasteiger partial charge < -0.3 is 5.01 Å². The molecule has 0 saturated carbocycles. The van der Waals surface area contributed by atoms with Gasteiger partial charge in [0.05, 0.1) is 6.04 Å². The van der Waals surface area contributed by atoms with Gasteiger partial charge >= 0.3 is 0 Å². The summed E-state index contributed by atoms with van der Waals surface area (Å²) in [7, 11) is 2.12. The summed E-state index contributed by atoms with van der Waals surface area (Å²) in [6.45, 7) is 7.56. The molecule has 0 aromatic heterocycles. The van der Waals surface area contributed by atoms with E-state index in [0.717, 1.165) is 6.54 Å². The zero-order valence-electron chi connectivity index (χ0n) is 8.41. The lowest BCUT2D eigenvalue weighted by atomic mass is 10.2. The highest BCUT2D eigenvalue weighted by Crippen LogP contribution is 2.16. The van der Waals surface area contributed by atoms with Crippen LogP contribution in [0.1, 0.15) is 20.8 Å². The molecule has 2 nitrogen and oxygen atoms in total. The molecular formula is C10H18N2. The van der Waals surface area contributed by atoms with Crippen LogP contribution in [-0.2, 0) is 0 Å². The van der Waals surface area contributed by atoms with E-state index in [4.69, 9.17) is 0 Å². The minimum atomic E-state index is 0.486. The molecule has 1 aliphatic heterocycles. The highest BCUT2D eigenvalue weighted by molar-refractivity contribution is 5.17. The summed E-state index contributed by atoms with van der Waals surface area (Å²) in [6, 6.07) is 0.486. The smallest absolute Gasteiger partial charge is 0.0608 e. The van der Waals surface area contributed by atoms with E-state index in [1.807, 2.05) is 0 Å². The standard InChI is InChI=1S/C10H18N2/c1-5-11(4)12-9(2)7-6-8-10(12)3/h6-9H,5H2,1-4H3. The quantitative estimate of drug-likeness (QED) is 0.619. The maximum absolute atomic E-state index is 2.31. The van der Waals surface area contributed by atoms with Crippen molar-refractivity contribution in [3.05, 3.63) is 23.9 Å². The summed E-state index contributed by atoms with van der Waals surface area (Å²) in [6.07, 6.45) is 6.48. The minimum Gasteiger partial charge on any atom is -0.304 e. The first-order chi connectivity index (χ1) is 5.66. The van der Waals surface area contributed by atoms with E-state index in [-0.39, 0.29) is 0 Å². The molecule has 1 unspecified atom stereocenters. The molecule has 0 bridgehead atoms. The van der Waals surface area contributed by atoms with E-state index in [2.05, 4.69) is 56.1 Å². The molecule has 2 heteroatoms. The van der Waals surface area contributed by atoms with Gasteiger partial charge in [0.1, 0.15) is 0 Å². The van der Waals surface area contributed by atoms with Crippen LogP contribution < -0.4 is 0 Å². The molecule has 0 fully saturated rings. The first-order valence-corrected chi connectivity index (χ1v) is 4.52. The van der Waals surface area contributed by atoms with Crippen LogP contribution in [0.25, 0.3) is 0 Å². The van der Waals surface area contributed by atoms with Crippen LogP contribution in [0.2, 0.25) is 0 Å². The number of hydrogen-bond donors (Lipinski definition) is 0. The molecule has 0 radical (unpaired) electrons. The van der Waals surface area contributed by atoms with Crippen LogP contribution in [0.4, 0.5) is 0 Å². The molecular weight excluding hydrogens is 148 g/mol. The van der Waals surface area contributed by atoms with Crippen molar-refractivity contribution in [2.75, 3.05) is 13.6 Å². The molecule has 68 valence electrons. The van der Waals surface area contributed by atoms with Crippen molar-refractivity contribution in [3.8, 4) is 0 Å². The fourth-order valence-corrected chi connectivity index (χ4v) is 1.57. The van der Waals surface area contributed by atoms with Crippen LogP contribution in [0.3, 0.4) is 0 Å². The topological polar surface area (TPSA) is 6.48 Å². The second-order valence-electron chi connectivity index (χ2n) is 3.25. The highest BCUT2D eigenvalue weighted by atomic mass is 15.6. The van der Waals surface area contributed by atoms with Gasteiger partial charge in [-0.1, -0.05) is 19.1 Å². The molecule has 0 aliphatic carbocycles. The van der Waals surface area contributed by atoms with Gasteiger partial charge in [0, 0.05) is 19.3 Å². The fourth-order valence-electron chi connectivity index (χ4n) is 1.57. The monoisotopic (exact) mass is 166 g/mol. The van der Waals surface area contributed by atoms with Gasteiger partial charge in [-0.05, 0) is 19.9 Å². The predicted octanol–water partition coefficient (Wildman–Crippen LogP) is 2.02. The van der Waals surface area contributed by atoms with Gasteiger partial charge in [0.2, 0.25) is 0 Å². The van der Waals surface area contributed by atoms with Crippen molar-refractivity contribution in [1.82, 2.24) is 10.0 Å². The summed E-state index contributed by atoms with van der Waals surface area (Å²) in [4.78, 5) is 0. The van der Waals surface area contributed by atoms with Crippen molar-refractivity contribution in [2.45, 2.75) is 26.8 Å². The van der Waals surface area contributed by atoms with Gasteiger partial charge in [-0.25, -0.2) is 5.01 Å². The summed E-state index contributed by atoms with van der Waals surface area (Å²) >= 11 is 0. The van der Waals surface area contributed by atoms with E-state index in [0.29, 0.717) is 6.04 Å². The Balaban J connectivity index is 2.74. The van der Waals surface area contributed by atoms with Crippen molar-refractivity contribution in [2.24, 2.45) is 0 Å². The van der Waals surface area contributed by atoms with Gasteiger partial charge in [-0.15, -0.1) is 0 Å². The van der Waals surface area contributed by atoms with E-state index in [1.165, 1.54) is 5.70 Å². The Kier molecular flexibility index (Phi) is 2.93. The SMILES string of the molecule is CCN(C)N1C(C)=CC=CC1C. The molecule has 1 heterocycles. The second kappa shape index (κ2) is 3.76. The summed E-state index contributed by atoms with van der Waals surface area (Å²) in [5.41, 5.74) is 1.31. The lowest BCUT2D eigenvalue weighted by molar-refractivity contribution is 0.0208. The fraction of sp³-hybridized carbons (Fsp3) is 0.600. The molecule has 0 aromatic carbocycles. The largest absolute Gasteiger partial charge is 0.304 e. The third-order valence-electron chi connectivity index (χ3n) is 2.30. The Morgan fingerprint density at radius 3 is 2.75 bits per heavy atom. The van der Waals surface area contributed by atoms with Crippen LogP contribution >= 0.6 is 0 Å². The van der Waals surface area contributed by atoms with Crippen LogP contribution in [0, 0.1) is 0 Å². The maximum atomic E-state index is 2.31. The Bertz CT molecular complexity index is 206. The number of rotatable bonds is 2. The van der Waals surface area contributed by atoms with E-state index in [9.17, 15) is 0 Å². The van der Waals surface area contributed by atoms with E-state index >= 15 is 0 Å². The van der Waals surface area contributed by atoms with Crippen LogP contribution in [0.15, 0.2) is 23.9 Å². The zero-order valence-corrected chi connectivity index (χ0v) is 8.41. The Morgan fingerprint density at radius 2 is 2.25 bits per heavy atom. The first-order valence-electron chi connectivity index (χ1n) is 4.52. The third kappa shape index (κ3) is 1.69. The number of hydrogen-bond acceptors (Lipinski definition) is 2. The molecule has 0 N–H and O–H groups in total. The normalized spacial score (nSPS) is 23.2. The number of nitrogens with zero attached hydrogens (tertiary/aromatic N) is 2. The van der Waals surface area contributed by atoms with Crippen molar-refractivity contribution >= 4 is 0 Å². The summed E-state index contributed by atoms with van der Waals surface area (Å²) in [5.74, 6) is 0. The number of hydrazine groups is 1. The lowest BCUT2D eigenvalue weighted by Crippen LogP contribution is -2.44. The lowest BCUT2D eigenvalue weighted by Gasteiger charge is -2.38. The molecule has 1 atom stereocenters. The first kappa shape index (κ1) is 9.33. The summed E-state index contributed by atoms with van der Waals surface area (Å²) in [5, 5.41) is 4.54. The molecule has 0 saturated heterocycles. The van der Waals surface area contributed by atoms with Crippen LogP contribution in [0.5, 0.6) is 0 Å². The van der Waals surface area contributed by atoms with Gasteiger partial charge in [-0.2, -0.15) is 0 Å². The van der Waals surface area contributed by atoms with E-state index in [1.54, 1.807) is 0 Å². The van der Waals surface area contributed by atoms with Gasteiger partial charge in [-0.3, -0.25) is 0 Å². The second-order valence-corrected chi connectivity index (χ2v) is 3.25. The van der Waals surface area contributed by atoms with E-state index < -0.39 is 0 Å². The Labute approximate surface area is 75.1 Å². The third-order valence-corrected chi connectivity index (χ3v) is 2.30. The molecule has 0 aromatic rings. The van der Waals surface area contributed by atoms with Crippen LogP contribution in [-0.4, -0.2) is 29.7 Å². The van der Waals surface area contributed by atoms with Gasteiger partial charge in [0.25, 0.3) is 0 Å². The van der Waals surface area contributed by atoms with Crippen molar-refractivity contribution < 1.29 is 0 Å². The molecule has 0 amide bonds. The van der Waals surface area contributed by atoms with Crippen molar-refractivity contribution in [3.63, 3.8) is 0 Å². The average molecular weight is 166 g/mol. The zero-order chi connectivity index (χ0) is 9.14. The predicted molar refractivity (Wildman–Crippen MR) is 52.5 cm³/mol. The minimum absolute atomic E-state index is 0.486. The Hall–Kier alpha value is -0.760. The molecule has 0 spiro atoms. The molecule has 12 heavy (non-hydrogen) atoms. The molecule has 1 aliphatic rings. The van der Waals surface area contributed by atoms with Gasteiger partial charge in [0.15, 0.2) is 0 Å².